The van der Waals surface area contributed by atoms with Gasteiger partial charge in [0.1, 0.15) is 6.61 Å². The molecule has 0 aromatic carbocycles. The molecule has 0 aliphatic rings. The molecule has 0 rings (SSSR count). The zero-order chi connectivity index (χ0) is 41.1. The van der Waals surface area contributed by atoms with E-state index in [0.29, 0.717) is 12.8 Å². The Bertz CT molecular complexity index is 1130. The maximum Gasteiger partial charge on any atom is 0.469 e. The summed E-state index contributed by atoms with van der Waals surface area (Å²) in [6.07, 6.45) is 54.9. The number of carbonyl (C=O) groups is 2. The van der Waals surface area contributed by atoms with Crippen molar-refractivity contribution in [1.29, 1.82) is 0 Å². The molecule has 1 atom stereocenters. The van der Waals surface area contributed by atoms with Gasteiger partial charge in [-0.15, -0.1) is 0 Å². The number of rotatable bonds is 40. The SMILES string of the molecule is CCCCC/C=C/C/C=C/C/C=C/C/C=C/C/C=C/CCC(=O)O[C@H](COC(=O)CCCCCCCCCCC/C=C/CCCCCCCC)COP(=O)(O)O. The number of hydrogen-bond acceptors (Lipinski definition) is 6. The number of unbranched alkanes of at least 4 members (excludes halogenated alkanes) is 18. The van der Waals surface area contributed by atoms with Gasteiger partial charge in [0.15, 0.2) is 6.10 Å². The van der Waals surface area contributed by atoms with Crippen LogP contribution in [0, 0.1) is 0 Å². The molecule has 0 radical (unpaired) electrons. The van der Waals surface area contributed by atoms with E-state index in [1.807, 2.05) is 12.2 Å². The van der Waals surface area contributed by atoms with Crippen molar-refractivity contribution in [2.24, 2.45) is 0 Å². The lowest BCUT2D eigenvalue weighted by atomic mass is 10.1. The summed E-state index contributed by atoms with van der Waals surface area (Å²) in [5.41, 5.74) is 0. The molecule has 56 heavy (non-hydrogen) atoms. The van der Waals surface area contributed by atoms with E-state index < -0.39 is 32.5 Å². The Morgan fingerprint density at radius 1 is 0.464 bits per heavy atom. The summed E-state index contributed by atoms with van der Waals surface area (Å²) < 4.78 is 26.3. The standard InChI is InChI=1S/C47H81O8P/c1-3-5-7-9-11-13-15-17-19-21-23-25-27-29-31-33-35-37-39-41-46(48)53-43-45(44-54-56(50,51)52)55-47(49)42-40-38-36-34-32-30-28-26-24-22-20-18-16-14-12-10-8-6-4-2/h12,14,17-20,24,26,30,32,36,38,45H,3-11,13,15-16,21-23,25,27-29,31,33-35,37,39-44H2,1-2H3,(H2,50,51,52)/b14-12+,19-17+,20-18+,26-24+,32-30+,38-36+/t45-/m1/s1. The maximum absolute atomic E-state index is 12.4. The molecule has 0 unspecified atom stereocenters. The molecule has 0 saturated carbocycles. The first kappa shape index (κ1) is 53.5. The van der Waals surface area contributed by atoms with Gasteiger partial charge in [-0.1, -0.05) is 177 Å². The molecule has 0 amide bonds. The summed E-state index contributed by atoms with van der Waals surface area (Å²) in [6, 6.07) is 0. The predicted octanol–water partition coefficient (Wildman–Crippen LogP) is 13.9. The lowest BCUT2D eigenvalue weighted by molar-refractivity contribution is -0.161. The molecule has 322 valence electrons. The molecular weight excluding hydrogens is 723 g/mol. The van der Waals surface area contributed by atoms with Gasteiger partial charge in [0.05, 0.1) is 6.61 Å². The van der Waals surface area contributed by atoms with E-state index in [1.54, 1.807) is 0 Å². The Morgan fingerprint density at radius 2 is 0.839 bits per heavy atom. The van der Waals surface area contributed by atoms with Gasteiger partial charge in [-0.3, -0.25) is 14.1 Å². The van der Waals surface area contributed by atoms with Gasteiger partial charge in [-0.05, 0) is 77.0 Å². The number of allylic oxidation sites excluding steroid dienone is 12. The van der Waals surface area contributed by atoms with Crippen LogP contribution < -0.4 is 0 Å². The van der Waals surface area contributed by atoms with Crippen LogP contribution in [0.5, 0.6) is 0 Å². The van der Waals surface area contributed by atoms with E-state index in [4.69, 9.17) is 19.3 Å². The molecule has 0 aliphatic carbocycles. The molecule has 0 spiro atoms. The first-order chi connectivity index (χ1) is 27.3. The molecular formula is C47H81O8P. The number of phosphoric acid groups is 1. The van der Waals surface area contributed by atoms with Crippen molar-refractivity contribution in [2.75, 3.05) is 13.2 Å². The Labute approximate surface area is 342 Å². The molecule has 9 heteroatoms. The lowest BCUT2D eigenvalue weighted by Crippen LogP contribution is -2.29. The molecule has 0 aliphatic heterocycles. The predicted molar refractivity (Wildman–Crippen MR) is 234 cm³/mol. The lowest BCUT2D eigenvalue weighted by Gasteiger charge is -2.18. The maximum atomic E-state index is 12.4. The topological polar surface area (TPSA) is 119 Å². The second-order valence-electron chi connectivity index (χ2n) is 14.7. The van der Waals surface area contributed by atoms with Gasteiger partial charge >= 0.3 is 19.8 Å². The first-order valence-electron chi connectivity index (χ1n) is 22.2. The van der Waals surface area contributed by atoms with Gasteiger partial charge in [-0.25, -0.2) is 4.57 Å². The third kappa shape index (κ3) is 44.2. The minimum atomic E-state index is -4.78. The van der Waals surface area contributed by atoms with Crippen LogP contribution in [0.15, 0.2) is 72.9 Å². The van der Waals surface area contributed by atoms with Gasteiger partial charge in [0, 0.05) is 12.8 Å². The molecule has 2 N–H and O–H groups in total. The largest absolute Gasteiger partial charge is 0.469 e. The number of hydrogen-bond donors (Lipinski definition) is 2. The van der Waals surface area contributed by atoms with Crippen molar-refractivity contribution in [3.05, 3.63) is 72.9 Å². The van der Waals surface area contributed by atoms with Gasteiger partial charge < -0.3 is 19.3 Å². The summed E-state index contributed by atoms with van der Waals surface area (Å²) in [5, 5.41) is 0. The van der Waals surface area contributed by atoms with Crippen molar-refractivity contribution in [1.82, 2.24) is 0 Å². The van der Waals surface area contributed by atoms with Crippen molar-refractivity contribution >= 4 is 19.8 Å². The fraction of sp³-hybridized carbons (Fsp3) is 0.702. The van der Waals surface area contributed by atoms with Crippen LogP contribution in [0.2, 0.25) is 0 Å². The van der Waals surface area contributed by atoms with E-state index in [0.717, 1.165) is 44.9 Å². The normalized spacial score (nSPS) is 13.1. The average molecular weight is 805 g/mol. The van der Waals surface area contributed by atoms with Crippen molar-refractivity contribution in [3.8, 4) is 0 Å². The van der Waals surface area contributed by atoms with Crippen LogP contribution in [-0.2, 0) is 28.2 Å². The van der Waals surface area contributed by atoms with E-state index in [9.17, 15) is 14.2 Å². The number of esters is 2. The second-order valence-corrected chi connectivity index (χ2v) is 15.9. The fourth-order valence-corrected chi connectivity index (χ4v) is 6.24. The Morgan fingerprint density at radius 3 is 1.32 bits per heavy atom. The molecule has 0 aromatic heterocycles. The third-order valence-corrected chi connectivity index (χ3v) is 9.70. The third-order valence-electron chi connectivity index (χ3n) is 9.21. The summed E-state index contributed by atoms with van der Waals surface area (Å²) >= 11 is 0. The quantitative estimate of drug-likeness (QED) is 0.0272. The summed E-state index contributed by atoms with van der Waals surface area (Å²) in [4.78, 5) is 42.9. The Balaban J connectivity index is 4.02. The molecule has 0 saturated heterocycles. The highest BCUT2D eigenvalue weighted by Gasteiger charge is 2.22. The van der Waals surface area contributed by atoms with Crippen LogP contribution in [0.3, 0.4) is 0 Å². The first-order valence-corrected chi connectivity index (χ1v) is 23.8. The minimum absolute atomic E-state index is 0.0855. The monoisotopic (exact) mass is 805 g/mol. The summed E-state index contributed by atoms with van der Waals surface area (Å²) in [6.45, 7) is 3.60. The van der Waals surface area contributed by atoms with E-state index >= 15 is 0 Å². The molecule has 0 heterocycles. The Hall–Kier alpha value is -2.51. The highest BCUT2D eigenvalue weighted by molar-refractivity contribution is 7.46. The second kappa shape index (κ2) is 42.1. The van der Waals surface area contributed by atoms with Gasteiger partial charge in [-0.2, -0.15) is 0 Å². The van der Waals surface area contributed by atoms with Gasteiger partial charge in [0.25, 0.3) is 0 Å². The minimum Gasteiger partial charge on any atom is -0.462 e. The van der Waals surface area contributed by atoms with Gasteiger partial charge in [0.2, 0.25) is 0 Å². The van der Waals surface area contributed by atoms with E-state index in [-0.39, 0.29) is 19.4 Å². The highest BCUT2D eigenvalue weighted by atomic mass is 31.2. The van der Waals surface area contributed by atoms with E-state index in [2.05, 4.69) is 79.1 Å². The molecule has 8 nitrogen and oxygen atoms in total. The Kier molecular flexibility index (Phi) is 40.2. The molecule has 0 aromatic rings. The fourth-order valence-electron chi connectivity index (χ4n) is 5.88. The average Bonchev–Trinajstić information content (AvgIpc) is 3.17. The van der Waals surface area contributed by atoms with Crippen molar-refractivity contribution in [3.63, 3.8) is 0 Å². The molecule has 0 bridgehead atoms. The molecule has 0 fully saturated rings. The van der Waals surface area contributed by atoms with Crippen LogP contribution in [0.25, 0.3) is 0 Å². The summed E-state index contributed by atoms with van der Waals surface area (Å²) in [5.74, 6) is -0.985. The van der Waals surface area contributed by atoms with Crippen LogP contribution in [0.1, 0.15) is 194 Å². The highest BCUT2D eigenvalue weighted by Crippen LogP contribution is 2.36. The van der Waals surface area contributed by atoms with Crippen molar-refractivity contribution < 1.29 is 37.9 Å². The van der Waals surface area contributed by atoms with E-state index in [1.165, 1.54) is 109 Å². The number of ether oxygens (including phenoxy) is 2. The van der Waals surface area contributed by atoms with Crippen molar-refractivity contribution in [2.45, 2.75) is 200 Å². The van der Waals surface area contributed by atoms with Crippen LogP contribution in [0.4, 0.5) is 0 Å². The zero-order valence-electron chi connectivity index (χ0n) is 35.5. The number of phosphoric ester groups is 1. The smallest absolute Gasteiger partial charge is 0.462 e. The van der Waals surface area contributed by atoms with Crippen LogP contribution in [-0.4, -0.2) is 41.0 Å². The number of carbonyl (C=O) groups excluding carboxylic acids is 2. The summed E-state index contributed by atoms with van der Waals surface area (Å²) in [7, 11) is -4.78. The van der Waals surface area contributed by atoms with Crippen LogP contribution >= 0.6 is 7.82 Å². The zero-order valence-corrected chi connectivity index (χ0v) is 36.4.